The second-order valence-electron chi connectivity index (χ2n) is 4.26. The predicted octanol–water partition coefficient (Wildman–Crippen LogP) is 4.53. The average molecular weight is 334 g/mol. The highest BCUT2D eigenvalue weighted by atomic mass is 35.5. The molecule has 20 heavy (non-hydrogen) atoms. The fourth-order valence-corrected chi connectivity index (χ4v) is 2.87. The molecule has 0 fully saturated rings. The predicted molar refractivity (Wildman–Crippen MR) is 81.6 cm³/mol. The summed E-state index contributed by atoms with van der Waals surface area (Å²) >= 11 is 18.3. The van der Waals surface area contributed by atoms with E-state index in [1.807, 2.05) is 0 Å². The lowest BCUT2D eigenvalue weighted by Crippen LogP contribution is -2.30. The standard InChI is InChI=1S/C14H12Cl3FN2/c15-9-3-1-4-10(16)8(9)7-13(20-19)14-11(17)5-2-6-12(14)18/h1-6,13,20H,7,19H2. The SMILES string of the molecule is NNC(Cc1c(Cl)cccc1Cl)c1c(F)cccc1Cl. The Morgan fingerprint density at radius 1 is 1.00 bits per heavy atom. The van der Waals surface area contributed by atoms with Crippen molar-refractivity contribution in [1.29, 1.82) is 0 Å². The van der Waals surface area contributed by atoms with E-state index in [2.05, 4.69) is 5.43 Å². The molecule has 0 saturated carbocycles. The summed E-state index contributed by atoms with van der Waals surface area (Å²) in [5.41, 5.74) is 3.55. The van der Waals surface area contributed by atoms with Crippen LogP contribution in [0.5, 0.6) is 0 Å². The zero-order valence-electron chi connectivity index (χ0n) is 10.3. The molecule has 0 radical (unpaired) electrons. The second kappa shape index (κ2) is 6.74. The van der Waals surface area contributed by atoms with Gasteiger partial charge in [0.25, 0.3) is 0 Å². The molecule has 2 rings (SSSR count). The molecule has 1 unspecified atom stereocenters. The van der Waals surface area contributed by atoms with Crippen LogP contribution in [-0.2, 0) is 6.42 Å². The highest BCUT2D eigenvalue weighted by molar-refractivity contribution is 6.36. The summed E-state index contributed by atoms with van der Waals surface area (Å²) in [5.74, 6) is 5.10. The first-order chi connectivity index (χ1) is 9.54. The van der Waals surface area contributed by atoms with Crippen LogP contribution in [0.25, 0.3) is 0 Å². The van der Waals surface area contributed by atoms with Crippen LogP contribution in [0.3, 0.4) is 0 Å². The molecule has 0 aliphatic heterocycles. The van der Waals surface area contributed by atoms with Gasteiger partial charge in [0.1, 0.15) is 5.82 Å². The first-order valence-corrected chi connectivity index (χ1v) is 7.01. The summed E-state index contributed by atoms with van der Waals surface area (Å²) in [4.78, 5) is 0. The van der Waals surface area contributed by atoms with Gasteiger partial charge in [0, 0.05) is 20.6 Å². The molecule has 0 heterocycles. The number of benzene rings is 2. The first-order valence-electron chi connectivity index (χ1n) is 5.87. The van der Waals surface area contributed by atoms with Gasteiger partial charge in [-0.2, -0.15) is 0 Å². The molecule has 0 aliphatic rings. The normalized spacial score (nSPS) is 12.4. The molecule has 1 atom stereocenters. The lowest BCUT2D eigenvalue weighted by Gasteiger charge is -2.19. The van der Waals surface area contributed by atoms with E-state index in [1.54, 1.807) is 24.3 Å². The van der Waals surface area contributed by atoms with Crippen molar-refractivity contribution in [2.45, 2.75) is 12.5 Å². The lowest BCUT2D eigenvalue weighted by atomic mass is 9.98. The van der Waals surface area contributed by atoms with Gasteiger partial charge in [-0.05, 0) is 36.2 Å². The largest absolute Gasteiger partial charge is 0.271 e. The van der Waals surface area contributed by atoms with E-state index < -0.39 is 11.9 Å². The molecule has 0 bridgehead atoms. The Morgan fingerprint density at radius 2 is 1.55 bits per heavy atom. The molecule has 2 aromatic carbocycles. The van der Waals surface area contributed by atoms with Crippen molar-refractivity contribution < 1.29 is 4.39 Å². The van der Waals surface area contributed by atoms with Gasteiger partial charge in [0.2, 0.25) is 0 Å². The molecule has 0 spiro atoms. The monoisotopic (exact) mass is 332 g/mol. The lowest BCUT2D eigenvalue weighted by molar-refractivity contribution is 0.511. The minimum atomic E-state index is -0.527. The molecule has 6 heteroatoms. The summed E-state index contributed by atoms with van der Waals surface area (Å²) in [7, 11) is 0. The Bertz CT molecular complexity index is 579. The summed E-state index contributed by atoms with van der Waals surface area (Å²) in [5, 5.41) is 1.31. The molecular weight excluding hydrogens is 322 g/mol. The van der Waals surface area contributed by atoms with Crippen LogP contribution in [0.1, 0.15) is 17.2 Å². The maximum Gasteiger partial charge on any atom is 0.129 e. The van der Waals surface area contributed by atoms with Gasteiger partial charge in [-0.25, -0.2) is 4.39 Å². The Morgan fingerprint density at radius 3 is 2.10 bits per heavy atom. The zero-order chi connectivity index (χ0) is 14.7. The molecule has 0 saturated heterocycles. The molecule has 0 aromatic heterocycles. The van der Waals surface area contributed by atoms with E-state index in [0.29, 0.717) is 32.6 Å². The third-order valence-electron chi connectivity index (χ3n) is 3.02. The summed E-state index contributed by atoms with van der Waals surface area (Å²) in [6.07, 6.45) is 0.329. The molecule has 3 N–H and O–H groups in total. The van der Waals surface area contributed by atoms with Crippen LogP contribution >= 0.6 is 34.8 Å². The first kappa shape index (κ1) is 15.5. The van der Waals surface area contributed by atoms with E-state index >= 15 is 0 Å². The molecule has 2 nitrogen and oxygen atoms in total. The number of nitrogens with two attached hydrogens (primary N) is 1. The molecule has 0 amide bonds. The topological polar surface area (TPSA) is 38.0 Å². The third kappa shape index (κ3) is 3.25. The quantitative estimate of drug-likeness (QED) is 0.637. The molecule has 2 aromatic rings. The fourth-order valence-electron chi connectivity index (χ4n) is 2.02. The molecule has 0 aliphatic carbocycles. The fraction of sp³-hybridized carbons (Fsp3) is 0.143. The summed E-state index contributed by atoms with van der Waals surface area (Å²) in [6, 6.07) is 9.14. The van der Waals surface area contributed by atoms with E-state index in [1.165, 1.54) is 12.1 Å². The van der Waals surface area contributed by atoms with Crippen LogP contribution in [0.15, 0.2) is 36.4 Å². The number of hydrogen-bond acceptors (Lipinski definition) is 2. The van der Waals surface area contributed by atoms with Crippen LogP contribution in [0.2, 0.25) is 15.1 Å². The second-order valence-corrected chi connectivity index (χ2v) is 5.48. The van der Waals surface area contributed by atoms with Gasteiger partial charge in [-0.15, -0.1) is 0 Å². The average Bonchev–Trinajstić information content (AvgIpc) is 2.40. The van der Waals surface area contributed by atoms with Crippen molar-refractivity contribution in [2.24, 2.45) is 5.84 Å². The van der Waals surface area contributed by atoms with Crippen molar-refractivity contribution in [2.75, 3.05) is 0 Å². The number of hydrazine groups is 1. The smallest absolute Gasteiger partial charge is 0.129 e. The van der Waals surface area contributed by atoms with E-state index in [-0.39, 0.29) is 0 Å². The van der Waals surface area contributed by atoms with E-state index in [9.17, 15) is 4.39 Å². The van der Waals surface area contributed by atoms with Crippen molar-refractivity contribution in [3.8, 4) is 0 Å². The number of rotatable bonds is 4. The third-order valence-corrected chi connectivity index (χ3v) is 4.06. The van der Waals surface area contributed by atoms with Gasteiger partial charge in [0.15, 0.2) is 0 Å². The molecule has 106 valence electrons. The molecular formula is C14H12Cl3FN2. The van der Waals surface area contributed by atoms with Gasteiger partial charge < -0.3 is 0 Å². The highest BCUT2D eigenvalue weighted by Gasteiger charge is 2.20. The zero-order valence-corrected chi connectivity index (χ0v) is 12.6. The van der Waals surface area contributed by atoms with Crippen LogP contribution in [0.4, 0.5) is 4.39 Å². The van der Waals surface area contributed by atoms with E-state index in [4.69, 9.17) is 40.6 Å². The van der Waals surface area contributed by atoms with Gasteiger partial charge in [-0.3, -0.25) is 11.3 Å². The van der Waals surface area contributed by atoms with Crippen molar-refractivity contribution >= 4 is 34.8 Å². The Balaban J connectivity index is 2.39. The van der Waals surface area contributed by atoms with Crippen molar-refractivity contribution in [3.63, 3.8) is 0 Å². The Labute approximate surface area is 131 Å². The Kier molecular flexibility index (Phi) is 5.24. The summed E-state index contributed by atoms with van der Waals surface area (Å²) in [6.45, 7) is 0. The summed E-state index contributed by atoms with van der Waals surface area (Å²) < 4.78 is 13.9. The number of halogens is 4. The Hall–Kier alpha value is -0.840. The van der Waals surface area contributed by atoms with E-state index in [0.717, 1.165) is 0 Å². The van der Waals surface area contributed by atoms with Gasteiger partial charge in [-0.1, -0.05) is 46.9 Å². The van der Waals surface area contributed by atoms with Crippen LogP contribution < -0.4 is 11.3 Å². The minimum absolute atomic E-state index is 0.299. The number of nitrogens with one attached hydrogen (secondary N) is 1. The van der Waals surface area contributed by atoms with Gasteiger partial charge in [0.05, 0.1) is 6.04 Å². The minimum Gasteiger partial charge on any atom is -0.271 e. The highest BCUT2D eigenvalue weighted by Crippen LogP contribution is 2.32. The van der Waals surface area contributed by atoms with Crippen LogP contribution in [-0.4, -0.2) is 0 Å². The van der Waals surface area contributed by atoms with Crippen LogP contribution in [0, 0.1) is 5.82 Å². The maximum atomic E-state index is 13.9. The maximum absolute atomic E-state index is 13.9. The number of hydrogen-bond donors (Lipinski definition) is 2. The van der Waals surface area contributed by atoms with Crippen molar-refractivity contribution in [3.05, 3.63) is 68.4 Å². The van der Waals surface area contributed by atoms with Gasteiger partial charge >= 0.3 is 0 Å². The van der Waals surface area contributed by atoms with Crippen molar-refractivity contribution in [1.82, 2.24) is 5.43 Å².